The van der Waals surface area contributed by atoms with E-state index in [1.165, 1.54) is 11.1 Å². The second-order valence-corrected chi connectivity index (χ2v) is 8.50. The number of sulfone groups is 1. The fraction of sp³-hybridized carbons (Fsp3) is 0.533. The minimum Gasteiger partial charge on any atom is -0.338 e. The lowest BCUT2D eigenvalue weighted by atomic mass is 10.1. The maximum atomic E-state index is 12.6. The first-order valence-electron chi connectivity index (χ1n) is 7.51. The molecule has 0 radical (unpaired) electrons. The zero-order chi connectivity index (χ0) is 16.8. The Kier molecular flexibility index (Phi) is 3.87. The number of hydrogen-bond donors (Lipinski definition) is 0. The summed E-state index contributed by atoms with van der Waals surface area (Å²) in [5.74, 6) is 0.0732. The molecular weight excluding hydrogens is 318 g/mol. The van der Waals surface area contributed by atoms with Crippen molar-refractivity contribution >= 4 is 26.8 Å². The van der Waals surface area contributed by atoms with Crippen LogP contribution >= 0.6 is 0 Å². The van der Waals surface area contributed by atoms with Gasteiger partial charge in [-0.2, -0.15) is 0 Å². The van der Waals surface area contributed by atoms with Crippen molar-refractivity contribution in [2.24, 2.45) is 0 Å². The monoisotopic (exact) mass is 337 g/mol. The van der Waals surface area contributed by atoms with Gasteiger partial charge in [0.25, 0.3) is 11.6 Å². The lowest BCUT2D eigenvalue weighted by Crippen LogP contribution is -2.37. The van der Waals surface area contributed by atoms with E-state index >= 15 is 0 Å². The van der Waals surface area contributed by atoms with Crippen molar-refractivity contribution < 1.29 is 17.7 Å². The van der Waals surface area contributed by atoms with Crippen LogP contribution in [0.5, 0.6) is 0 Å². The minimum absolute atomic E-state index is 0.0232. The summed E-state index contributed by atoms with van der Waals surface area (Å²) in [6, 6.07) is 1.44. The van der Waals surface area contributed by atoms with Gasteiger partial charge in [0.1, 0.15) is 0 Å². The van der Waals surface area contributed by atoms with Crippen molar-refractivity contribution in [1.82, 2.24) is 15.0 Å². The molecule has 0 aliphatic carbocycles. The standard InChI is InChI=1S/C15H19N3O4S/c1-9(2)13-12-6-10(7-16-14(12)22-17-13)15(19)18(3)11-4-5-23(20,21)8-11/h6-7,9,11H,4-5,8H2,1-3H3/t11-/m1/s1. The Hall–Kier alpha value is -1.96. The van der Waals surface area contributed by atoms with Gasteiger partial charge in [-0.3, -0.25) is 4.79 Å². The summed E-state index contributed by atoms with van der Waals surface area (Å²) in [7, 11) is -1.40. The molecule has 1 aliphatic rings. The molecule has 0 bridgehead atoms. The molecule has 0 spiro atoms. The molecule has 0 aromatic carbocycles. The minimum atomic E-state index is -3.03. The van der Waals surface area contributed by atoms with Crippen molar-refractivity contribution in [3.8, 4) is 0 Å². The van der Waals surface area contributed by atoms with Crippen LogP contribution in [0.25, 0.3) is 11.1 Å². The number of carbonyl (C=O) groups is 1. The largest absolute Gasteiger partial charge is 0.338 e. The van der Waals surface area contributed by atoms with Crippen LogP contribution in [0, 0.1) is 0 Å². The zero-order valence-corrected chi connectivity index (χ0v) is 14.1. The molecule has 3 rings (SSSR count). The molecule has 8 heteroatoms. The lowest BCUT2D eigenvalue weighted by Gasteiger charge is -2.23. The van der Waals surface area contributed by atoms with E-state index in [0.717, 1.165) is 11.1 Å². The smallest absolute Gasteiger partial charge is 0.257 e. The van der Waals surface area contributed by atoms with Crippen LogP contribution in [-0.4, -0.2) is 54.0 Å². The molecule has 1 saturated heterocycles. The molecule has 1 fully saturated rings. The highest BCUT2D eigenvalue weighted by Gasteiger charge is 2.33. The summed E-state index contributed by atoms with van der Waals surface area (Å²) in [6.07, 6.45) is 1.92. The average Bonchev–Trinajstić information content (AvgIpc) is 3.08. The average molecular weight is 337 g/mol. The van der Waals surface area contributed by atoms with Gasteiger partial charge < -0.3 is 9.42 Å². The van der Waals surface area contributed by atoms with Gasteiger partial charge in [0.15, 0.2) is 9.84 Å². The molecular formula is C15H19N3O4S. The third kappa shape index (κ3) is 2.95. The Bertz CT molecular complexity index is 857. The summed E-state index contributed by atoms with van der Waals surface area (Å²) in [6.45, 7) is 3.97. The van der Waals surface area contributed by atoms with Crippen LogP contribution in [0.3, 0.4) is 0 Å². The SMILES string of the molecule is CC(C)c1noc2ncc(C(=O)N(C)[C@@H]3CCS(=O)(=O)C3)cc12. The predicted octanol–water partition coefficient (Wildman–Crippen LogP) is 1.61. The van der Waals surface area contributed by atoms with Crippen molar-refractivity contribution in [3.63, 3.8) is 0 Å². The van der Waals surface area contributed by atoms with Gasteiger partial charge in [0.2, 0.25) is 0 Å². The first-order valence-corrected chi connectivity index (χ1v) is 9.33. The fourth-order valence-electron chi connectivity index (χ4n) is 2.83. The molecule has 0 N–H and O–H groups in total. The second-order valence-electron chi connectivity index (χ2n) is 6.27. The number of nitrogens with zero attached hydrogens (tertiary/aromatic N) is 3. The van der Waals surface area contributed by atoms with Gasteiger partial charge in [-0.1, -0.05) is 19.0 Å². The van der Waals surface area contributed by atoms with Crippen LogP contribution in [0.15, 0.2) is 16.8 Å². The van der Waals surface area contributed by atoms with E-state index in [2.05, 4.69) is 10.1 Å². The fourth-order valence-corrected chi connectivity index (χ4v) is 4.61. The summed E-state index contributed by atoms with van der Waals surface area (Å²) >= 11 is 0. The van der Waals surface area contributed by atoms with Crippen LogP contribution < -0.4 is 0 Å². The summed E-state index contributed by atoms with van der Waals surface area (Å²) in [5, 5.41) is 4.72. The number of amides is 1. The summed E-state index contributed by atoms with van der Waals surface area (Å²) in [4.78, 5) is 18.3. The van der Waals surface area contributed by atoms with Gasteiger partial charge in [-0.15, -0.1) is 0 Å². The molecule has 2 aromatic rings. The Morgan fingerprint density at radius 3 is 2.78 bits per heavy atom. The third-order valence-corrected chi connectivity index (χ3v) is 5.98. The molecule has 1 aliphatic heterocycles. The molecule has 23 heavy (non-hydrogen) atoms. The van der Waals surface area contributed by atoms with E-state index < -0.39 is 9.84 Å². The van der Waals surface area contributed by atoms with Crippen LogP contribution in [0.2, 0.25) is 0 Å². The van der Waals surface area contributed by atoms with E-state index in [0.29, 0.717) is 17.7 Å². The first kappa shape index (κ1) is 15.9. The Balaban J connectivity index is 1.90. The number of fused-ring (bicyclic) bond motifs is 1. The van der Waals surface area contributed by atoms with Crippen molar-refractivity contribution in [2.75, 3.05) is 18.6 Å². The normalized spacial score (nSPS) is 20.3. The predicted molar refractivity (Wildman–Crippen MR) is 85.0 cm³/mol. The van der Waals surface area contributed by atoms with Crippen LogP contribution in [0.4, 0.5) is 0 Å². The Labute approximate surface area is 134 Å². The molecule has 2 aromatic heterocycles. The summed E-state index contributed by atoms with van der Waals surface area (Å²) < 4.78 is 28.4. The van der Waals surface area contributed by atoms with E-state index in [1.807, 2.05) is 13.8 Å². The van der Waals surface area contributed by atoms with Gasteiger partial charge in [0.05, 0.1) is 28.1 Å². The van der Waals surface area contributed by atoms with Gasteiger partial charge in [-0.05, 0) is 18.4 Å². The van der Waals surface area contributed by atoms with E-state index in [4.69, 9.17) is 4.52 Å². The quantitative estimate of drug-likeness (QED) is 0.844. The number of aromatic nitrogens is 2. The van der Waals surface area contributed by atoms with Gasteiger partial charge in [0, 0.05) is 19.3 Å². The number of carbonyl (C=O) groups excluding carboxylic acids is 1. The van der Waals surface area contributed by atoms with Crippen molar-refractivity contribution in [3.05, 3.63) is 23.5 Å². The highest BCUT2D eigenvalue weighted by molar-refractivity contribution is 7.91. The van der Waals surface area contributed by atoms with Crippen molar-refractivity contribution in [2.45, 2.75) is 32.2 Å². The molecule has 7 nitrogen and oxygen atoms in total. The topological polar surface area (TPSA) is 93.4 Å². The highest BCUT2D eigenvalue weighted by Crippen LogP contribution is 2.25. The molecule has 124 valence electrons. The van der Waals surface area contributed by atoms with E-state index in [9.17, 15) is 13.2 Å². The number of rotatable bonds is 3. The molecule has 1 atom stereocenters. The summed E-state index contributed by atoms with van der Waals surface area (Å²) in [5.41, 5.74) is 1.57. The third-order valence-electron chi connectivity index (χ3n) is 4.23. The number of hydrogen-bond acceptors (Lipinski definition) is 6. The second kappa shape index (κ2) is 5.59. The molecule has 0 saturated carbocycles. The van der Waals surface area contributed by atoms with Gasteiger partial charge >= 0.3 is 0 Å². The highest BCUT2D eigenvalue weighted by atomic mass is 32.2. The molecule has 3 heterocycles. The van der Waals surface area contributed by atoms with Gasteiger partial charge in [-0.25, -0.2) is 13.4 Å². The van der Waals surface area contributed by atoms with Crippen LogP contribution in [0.1, 0.15) is 42.2 Å². The maximum absolute atomic E-state index is 12.6. The lowest BCUT2D eigenvalue weighted by molar-refractivity contribution is 0.0747. The van der Waals surface area contributed by atoms with E-state index in [-0.39, 0.29) is 29.4 Å². The van der Waals surface area contributed by atoms with E-state index in [1.54, 1.807) is 13.1 Å². The van der Waals surface area contributed by atoms with Crippen molar-refractivity contribution in [1.29, 1.82) is 0 Å². The van der Waals surface area contributed by atoms with Crippen LogP contribution in [-0.2, 0) is 9.84 Å². The Morgan fingerprint density at radius 2 is 2.17 bits per heavy atom. The zero-order valence-electron chi connectivity index (χ0n) is 13.3. The Morgan fingerprint density at radius 1 is 1.43 bits per heavy atom. The first-order chi connectivity index (χ1) is 10.8. The number of pyridine rings is 1. The molecule has 0 unspecified atom stereocenters. The molecule has 1 amide bonds. The maximum Gasteiger partial charge on any atom is 0.257 e.